The van der Waals surface area contributed by atoms with E-state index in [1.807, 2.05) is 0 Å². The minimum absolute atomic E-state index is 0.134. The van der Waals surface area contributed by atoms with Crippen LogP contribution in [-0.4, -0.2) is 220 Å². The molecule has 4 saturated heterocycles. The third kappa shape index (κ3) is 9.48. The van der Waals surface area contributed by atoms with E-state index in [0.29, 0.717) is 5.56 Å². The van der Waals surface area contributed by atoms with Gasteiger partial charge in [0.05, 0.1) is 32.3 Å². The van der Waals surface area contributed by atoms with Crippen molar-refractivity contribution < 1.29 is 119 Å². The molecule has 0 saturated carbocycles. The average molecular weight is 905 g/mol. The first-order chi connectivity index (χ1) is 29.9. The molecular formula is C39H52O24. The molecule has 4 fully saturated rings. The van der Waals surface area contributed by atoms with Gasteiger partial charge in [0, 0.05) is 12.1 Å². The molecule has 2 aromatic rings. The first kappa shape index (κ1) is 47.5. The first-order valence-electron chi connectivity index (χ1n) is 20.0. The predicted octanol–water partition coefficient (Wildman–Crippen LogP) is -5.87. The number of Topliss-reactive ketones (excluding diaryl/α,β-unsaturated/α-hetero) is 1. The molecule has 0 amide bonds. The minimum Gasteiger partial charge on any atom is -0.507 e. The van der Waals surface area contributed by atoms with Crippen molar-refractivity contribution in [3.05, 3.63) is 47.5 Å². The van der Waals surface area contributed by atoms with Crippen LogP contribution in [0.25, 0.3) is 0 Å². The number of aliphatic hydroxyl groups is 13. The zero-order chi connectivity index (χ0) is 45.6. The Bertz CT molecular complexity index is 1850. The summed E-state index contributed by atoms with van der Waals surface area (Å²) in [4.78, 5) is 13.4. The normalized spacial score (nSPS) is 43.1. The number of aromatic hydroxyl groups is 1. The largest absolute Gasteiger partial charge is 0.507 e. The Morgan fingerprint density at radius 1 is 0.556 bits per heavy atom. The number of fused-ring (bicyclic) bond motifs is 1. The molecular weight excluding hydrogens is 852 g/mol. The molecule has 0 aromatic heterocycles. The molecule has 0 aliphatic carbocycles. The molecule has 21 unspecified atom stereocenters. The summed E-state index contributed by atoms with van der Waals surface area (Å²) in [5.74, 6) is -1.46. The summed E-state index contributed by atoms with van der Waals surface area (Å²) >= 11 is 0. The lowest BCUT2D eigenvalue weighted by Crippen LogP contribution is -2.67. The number of rotatable bonds is 12. The van der Waals surface area contributed by atoms with Crippen LogP contribution in [0.15, 0.2) is 36.4 Å². The molecule has 24 nitrogen and oxygen atoms in total. The number of hydrogen-bond donors (Lipinski definition) is 14. The molecule has 5 aliphatic heterocycles. The van der Waals surface area contributed by atoms with E-state index in [2.05, 4.69) is 0 Å². The van der Waals surface area contributed by atoms with Crippen LogP contribution in [0.4, 0.5) is 0 Å². The summed E-state index contributed by atoms with van der Waals surface area (Å²) in [5.41, 5.74) is 0.219. The summed E-state index contributed by atoms with van der Waals surface area (Å²) in [5, 5.41) is 146. The van der Waals surface area contributed by atoms with E-state index in [4.69, 9.17) is 42.6 Å². The molecule has 5 aliphatic rings. The molecule has 0 spiro atoms. The fourth-order valence-corrected chi connectivity index (χ4v) is 7.91. The van der Waals surface area contributed by atoms with Gasteiger partial charge in [-0.1, -0.05) is 12.1 Å². The quantitative estimate of drug-likeness (QED) is 0.0943. The second-order valence-corrected chi connectivity index (χ2v) is 15.8. The second kappa shape index (κ2) is 19.6. The van der Waals surface area contributed by atoms with E-state index in [-0.39, 0.29) is 29.2 Å². The van der Waals surface area contributed by atoms with E-state index >= 15 is 0 Å². The highest BCUT2D eigenvalue weighted by molar-refractivity contribution is 6.02. The van der Waals surface area contributed by atoms with E-state index in [1.165, 1.54) is 37.3 Å². The van der Waals surface area contributed by atoms with Gasteiger partial charge in [0.2, 0.25) is 12.6 Å². The number of benzene rings is 2. The van der Waals surface area contributed by atoms with Crippen LogP contribution in [-0.2, 0) is 28.4 Å². The van der Waals surface area contributed by atoms with Gasteiger partial charge in [-0.3, -0.25) is 4.79 Å². The van der Waals surface area contributed by atoms with Crippen LogP contribution in [0, 0.1) is 0 Å². The Morgan fingerprint density at radius 3 is 1.65 bits per heavy atom. The number of phenols is 1. The van der Waals surface area contributed by atoms with Crippen LogP contribution in [0.1, 0.15) is 35.4 Å². The highest BCUT2D eigenvalue weighted by Crippen LogP contribution is 2.43. The smallest absolute Gasteiger partial charge is 0.229 e. The molecule has 24 heteroatoms. The van der Waals surface area contributed by atoms with E-state index < -0.39 is 160 Å². The van der Waals surface area contributed by atoms with Gasteiger partial charge in [-0.05, 0) is 24.6 Å². The Kier molecular flexibility index (Phi) is 14.8. The van der Waals surface area contributed by atoms with Gasteiger partial charge in [0.25, 0.3) is 0 Å². The average Bonchev–Trinajstić information content (AvgIpc) is 3.26. The lowest BCUT2D eigenvalue weighted by atomic mass is 9.95. The van der Waals surface area contributed by atoms with Gasteiger partial charge < -0.3 is 114 Å². The van der Waals surface area contributed by atoms with Crippen molar-refractivity contribution in [2.45, 2.75) is 142 Å². The maximum Gasteiger partial charge on any atom is 0.229 e. The molecule has 5 heterocycles. The molecule has 352 valence electrons. The molecule has 7 rings (SSSR count). The number of ketones is 1. The van der Waals surface area contributed by atoms with Crippen molar-refractivity contribution in [1.82, 2.24) is 0 Å². The van der Waals surface area contributed by atoms with Crippen LogP contribution in [0.2, 0.25) is 0 Å². The fraction of sp³-hybridized carbons (Fsp3) is 0.667. The number of carbonyl (C=O) groups excluding carboxylic acids is 1. The predicted molar refractivity (Wildman–Crippen MR) is 200 cm³/mol. The van der Waals surface area contributed by atoms with Crippen LogP contribution < -0.4 is 14.2 Å². The van der Waals surface area contributed by atoms with Crippen molar-refractivity contribution in [2.75, 3.05) is 19.8 Å². The highest BCUT2D eigenvalue weighted by atomic mass is 16.8. The zero-order valence-electron chi connectivity index (χ0n) is 33.3. The molecule has 14 N–H and O–H groups in total. The van der Waals surface area contributed by atoms with E-state index in [0.717, 1.165) is 6.07 Å². The van der Waals surface area contributed by atoms with Crippen LogP contribution in [0.5, 0.6) is 23.0 Å². The standard InChI is InChI=1S/C39H52O24/c1-12-24(45)28(49)31(52)36(55-12)63-35-34(62-38-33(54)30(51)26(47)21(10-41)60-38)27(48)22(11-42)61-39(35)57-15-6-16(43)23-17(44)8-18(58-19(23)7-15)13-2-4-14(5-3-13)56-37-32(53)29(50)25(46)20(9-40)59-37/h2-7,12,18,20-22,24-43,45-54H,8-11H2,1H3. The Balaban J connectivity index is 1.14. The van der Waals surface area contributed by atoms with Crippen molar-refractivity contribution in [2.24, 2.45) is 0 Å². The van der Waals surface area contributed by atoms with Gasteiger partial charge in [0.15, 0.2) is 24.5 Å². The minimum atomic E-state index is -2.00. The molecule has 63 heavy (non-hydrogen) atoms. The third-order valence-electron chi connectivity index (χ3n) is 11.6. The maximum atomic E-state index is 13.4. The lowest BCUT2D eigenvalue weighted by molar-refractivity contribution is -0.383. The number of phenolic OH excluding ortho intramolecular Hbond substituents is 1. The summed E-state index contributed by atoms with van der Waals surface area (Å²) < 4.78 is 52.1. The van der Waals surface area contributed by atoms with E-state index in [9.17, 15) is 76.3 Å². The zero-order valence-corrected chi connectivity index (χ0v) is 33.3. The monoisotopic (exact) mass is 904 g/mol. The summed E-state index contributed by atoms with van der Waals surface area (Å²) in [6, 6.07) is 8.16. The first-order valence-corrected chi connectivity index (χ1v) is 20.0. The molecule has 2 aromatic carbocycles. The van der Waals surface area contributed by atoms with Gasteiger partial charge in [-0.25, -0.2) is 0 Å². The maximum absolute atomic E-state index is 13.4. The van der Waals surface area contributed by atoms with Crippen LogP contribution in [0.3, 0.4) is 0 Å². The summed E-state index contributed by atoms with van der Waals surface area (Å²) in [6.45, 7) is -1.04. The van der Waals surface area contributed by atoms with Crippen molar-refractivity contribution in [3.8, 4) is 23.0 Å². The Morgan fingerprint density at radius 2 is 1.05 bits per heavy atom. The van der Waals surface area contributed by atoms with Gasteiger partial charge in [-0.15, -0.1) is 0 Å². The summed E-state index contributed by atoms with van der Waals surface area (Å²) in [7, 11) is 0. The van der Waals surface area contributed by atoms with E-state index in [1.54, 1.807) is 0 Å². The number of aliphatic hydroxyl groups excluding tert-OH is 13. The number of ether oxygens (including phenoxy) is 9. The topological polar surface area (TPSA) is 383 Å². The number of carbonyl (C=O) groups is 1. The lowest BCUT2D eigenvalue weighted by Gasteiger charge is -2.48. The summed E-state index contributed by atoms with van der Waals surface area (Å²) in [6.07, 6.45) is -35.0. The van der Waals surface area contributed by atoms with Crippen LogP contribution >= 0.6 is 0 Å². The van der Waals surface area contributed by atoms with Gasteiger partial charge in [0.1, 0.15) is 120 Å². The molecule has 0 bridgehead atoms. The third-order valence-corrected chi connectivity index (χ3v) is 11.6. The van der Waals surface area contributed by atoms with Crippen molar-refractivity contribution in [1.29, 1.82) is 0 Å². The van der Waals surface area contributed by atoms with Crippen molar-refractivity contribution >= 4 is 5.78 Å². The van der Waals surface area contributed by atoms with Crippen molar-refractivity contribution in [3.63, 3.8) is 0 Å². The Hall–Kier alpha value is -3.45. The highest BCUT2D eigenvalue weighted by Gasteiger charge is 2.55. The van der Waals surface area contributed by atoms with Gasteiger partial charge in [-0.2, -0.15) is 0 Å². The molecule has 21 atom stereocenters. The fourth-order valence-electron chi connectivity index (χ4n) is 7.91. The van der Waals surface area contributed by atoms with Gasteiger partial charge >= 0.3 is 0 Å². The molecule has 0 radical (unpaired) electrons. The number of hydrogen-bond acceptors (Lipinski definition) is 24. The second-order valence-electron chi connectivity index (χ2n) is 15.8. The SMILES string of the molecule is CC1OC(OC2C(Oc3cc(O)c4c(c3)OC(c3ccc(OC5OC(CO)C(O)C(O)C5O)cc3)CC4=O)OC(CO)C(O)C2OC2OC(CO)C(O)C(O)C2O)C(O)C(O)C1O. The Labute approximate surface area is 357 Å².